The molecule has 1 aromatic rings. The summed E-state index contributed by atoms with van der Waals surface area (Å²) in [6, 6.07) is 5.65. The van der Waals surface area contributed by atoms with Gasteiger partial charge in [0.1, 0.15) is 5.75 Å². The van der Waals surface area contributed by atoms with Crippen molar-refractivity contribution < 1.29 is 19.1 Å². The minimum absolute atomic E-state index is 0.0719. The van der Waals surface area contributed by atoms with Crippen molar-refractivity contribution in [3.8, 4) is 5.75 Å². The van der Waals surface area contributed by atoms with Crippen LogP contribution in [0.4, 0.5) is 10.5 Å². The highest BCUT2D eigenvalue weighted by Crippen LogP contribution is 2.31. The fourth-order valence-electron chi connectivity index (χ4n) is 1.85. The molecule has 1 aliphatic rings. The van der Waals surface area contributed by atoms with Crippen LogP contribution in [-0.2, 0) is 16.0 Å². The van der Waals surface area contributed by atoms with Gasteiger partial charge < -0.3 is 19.7 Å². The van der Waals surface area contributed by atoms with Gasteiger partial charge in [-0.25, -0.2) is 4.79 Å². The van der Waals surface area contributed by atoms with E-state index in [1.165, 1.54) is 7.11 Å². The van der Waals surface area contributed by atoms with Gasteiger partial charge in [-0.3, -0.25) is 4.79 Å². The van der Waals surface area contributed by atoms with Crippen LogP contribution in [0.25, 0.3) is 0 Å². The quantitative estimate of drug-likeness (QED) is 0.882. The Hall–Kier alpha value is -2.24. The molecule has 0 saturated carbocycles. The number of amides is 2. The van der Waals surface area contributed by atoms with Crippen LogP contribution in [0.1, 0.15) is 5.56 Å². The summed E-state index contributed by atoms with van der Waals surface area (Å²) in [6.07, 6.45) is 0.207. The Bertz CT molecular complexity index is 501. The summed E-state index contributed by atoms with van der Waals surface area (Å²) in [5.74, 6) is 0.629. The SMILES string of the molecule is COC(=O)NCCc1ccc2c(c1)N(C)C(=O)CO2. The summed E-state index contributed by atoms with van der Waals surface area (Å²) in [7, 11) is 3.05. The number of nitrogens with zero attached hydrogens (tertiary/aromatic N) is 1. The molecule has 0 aliphatic carbocycles. The number of hydrogen-bond acceptors (Lipinski definition) is 4. The molecule has 6 nitrogen and oxygen atoms in total. The Morgan fingerprint density at radius 2 is 2.32 bits per heavy atom. The third-order valence-corrected chi connectivity index (χ3v) is 2.98. The maximum absolute atomic E-state index is 11.5. The van der Waals surface area contributed by atoms with Gasteiger partial charge in [0.25, 0.3) is 5.91 Å². The molecule has 0 fully saturated rings. The maximum atomic E-state index is 11.5. The molecule has 1 aliphatic heterocycles. The van der Waals surface area contributed by atoms with Crippen molar-refractivity contribution in [2.24, 2.45) is 0 Å². The number of benzene rings is 1. The Morgan fingerprint density at radius 1 is 1.53 bits per heavy atom. The van der Waals surface area contributed by atoms with E-state index in [2.05, 4.69) is 10.1 Å². The maximum Gasteiger partial charge on any atom is 0.406 e. The number of carbonyl (C=O) groups is 2. The Labute approximate surface area is 111 Å². The molecular weight excluding hydrogens is 248 g/mol. The monoisotopic (exact) mass is 264 g/mol. The molecule has 6 heteroatoms. The molecule has 102 valence electrons. The highest BCUT2D eigenvalue weighted by atomic mass is 16.5. The number of anilines is 1. The molecule has 1 N–H and O–H groups in total. The van der Waals surface area contributed by atoms with Crippen molar-refractivity contribution in [1.29, 1.82) is 0 Å². The molecular formula is C13H16N2O4. The first-order chi connectivity index (χ1) is 9.11. The predicted molar refractivity (Wildman–Crippen MR) is 69.5 cm³/mol. The third-order valence-electron chi connectivity index (χ3n) is 2.98. The molecule has 19 heavy (non-hydrogen) atoms. The molecule has 1 aromatic carbocycles. The molecule has 0 spiro atoms. The van der Waals surface area contributed by atoms with Crippen LogP contribution < -0.4 is 15.0 Å². The standard InChI is InChI=1S/C13H16N2O4/c1-15-10-7-9(5-6-14-13(17)18-2)3-4-11(10)19-8-12(15)16/h3-4,7H,5-6,8H2,1-2H3,(H,14,17). The zero-order valence-electron chi connectivity index (χ0n) is 10.9. The van der Waals surface area contributed by atoms with E-state index < -0.39 is 6.09 Å². The lowest BCUT2D eigenvalue weighted by molar-refractivity contribution is -0.120. The number of fused-ring (bicyclic) bond motifs is 1. The molecule has 0 atom stereocenters. The summed E-state index contributed by atoms with van der Waals surface area (Å²) in [5, 5.41) is 2.61. The summed E-state index contributed by atoms with van der Waals surface area (Å²) in [4.78, 5) is 24.0. The van der Waals surface area contributed by atoms with Gasteiger partial charge in [-0.15, -0.1) is 0 Å². The fourth-order valence-corrected chi connectivity index (χ4v) is 1.85. The van der Waals surface area contributed by atoms with Crippen molar-refractivity contribution in [1.82, 2.24) is 5.32 Å². The van der Waals surface area contributed by atoms with Crippen LogP contribution in [0.2, 0.25) is 0 Å². The topological polar surface area (TPSA) is 67.9 Å². The number of carbonyl (C=O) groups excluding carboxylic acids is 2. The zero-order valence-corrected chi connectivity index (χ0v) is 10.9. The lowest BCUT2D eigenvalue weighted by Crippen LogP contribution is -2.35. The molecule has 2 amide bonds. The number of alkyl carbamates (subject to hydrolysis) is 1. The van der Waals surface area contributed by atoms with Gasteiger partial charge in [0.2, 0.25) is 0 Å². The minimum Gasteiger partial charge on any atom is -0.482 e. The second-order valence-corrected chi connectivity index (χ2v) is 4.21. The van der Waals surface area contributed by atoms with Crippen LogP contribution >= 0.6 is 0 Å². The van der Waals surface area contributed by atoms with Gasteiger partial charge in [-0.05, 0) is 24.1 Å². The van der Waals surface area contributed by atoms with E-state index in [0.717, 1.165) is 11.3 Å². The molecule has 2 rings (SSSR count). The van der Waals surface area contributed by atoms with Crippen LogP contribution in [0.15, 0.2) is 18.2 Å². The molecule has 0 bridgehead atoms. The van der Waals surface area contributed by atoms with Gasteiger partial charge in [-0.2, -0.15) is 0 Å². The summed E-state index contributed by atoms with van der Waals surface area (Å²) < 4.78 is 9.83. The van der Waals surface area contributed by atoms with Crippen LogP contribution in [0.5, 0.6) is 5.75 Å². The minimum atomic E-state index is -0.450. The highest BCUT2D eigenvalue weighted by Gasteiger charge is 2.22. The van der Waals surface area contributed by atoms with E-state index in [1.54, 1.807) is 11.9 Å². The smallest absolute Gasteiger partial charge is 0.406 e. The first kappa shape index (κ1) is 13.2. The molecule has 1 heterocycles. The second kappa shape index (κ2) is 5.60. The number of nitrogens with one attached hydrogen (secondary N) is 1. The molecule has 0 radical (unpaired) electrons. The van der Waals surface area contributed by atoms with Gasteiger partial charge >= 0.3 is 6.09 Å². The first-order valence-corrected chi connectivity index (χ1v) is 5.96. The molecule has 0 unspecified atom stereocenters. The predicted octanol–water partition coefficient (Wildman–Crippen LogP) is 0.940. The lowest BCUT2D eigenvalue weighted by Gasteiger charge is -2.26. The molecule has 0 saturated heterocycles. The highest BCUT2D eigenvalue weighted by molar-refractivity contribution is 5.97. The summed E-state index contributed by atoms with van der Waals surface area (Å²) >= 11 is 0. The lowest BCUT2D eigenvalue weighted by atomic mass is 10.1. The van der Waals surface area contributed by atoms with E-state index in [9.17, 15) is 9.59 Å². The van der Waals surface area contributed by atoms with E-state index in [-0.39, 0.29) is 12.5 Å². The van der Waals surface area contributed by atoms with Gasteiger partial charge in [0.15, 0.2) is 6.61 Å². The third kappa shape index (κ3) is 2.96. The first-order valence-electron chi connectivity index (χ1n) is 5.96. The Balaban J connectivity index is 2.04. The Morgan fingerprint density at radius 3 is 3.05 bits per heavy atom. The molecule has 0 aromatic heterocycles. The van der Waals surface area contributed by atoms with Crippen LogP contribution in [0, 0.1) is 0 Å². The zero-order chi connectivity index (χ0) is 13.8. The van der Waals surface area contributed by atoms with Crippen molar-refractivity contribution in [2.75, 3.05) is 32.2 Å². The average Bonchev–Trinajstić information content (AvgIpc) is 2.43. The Kier molecular flexibility index (Phi) is 3.89. The van der Waals surface area contributed by atoms with Crippen molar-refractivity contribution >= 4 is 17.7 Å². The number of rotatable bonds is 3. The van der Waals surface area contributed by atoms with Crippen molar-refractivity contribution in [2.45, 2.75) is 6.42 Å². The normalized spacial score (nSPS) is 13.6. The summed E-state index contributed by atoms with van der Waals surface area (Å²) in [5.41, 5.74) is 1.77. The average molecular weight is 264 g/mol. The largest absolute Gasteiger partial charge is 0.482 e. The van der Waals surface area contributed by atoms with E-state index in [0.29, 0.717) is 18.7 Å². The van der Waals surface area contributed by atoms with E-state index in [4.69, 9.17) is 4.74 Å². The number of hydrogen-bond donors (Lipinski definition) is 1. The number of likely N-dealkylation sites (N-methyl/N-ethyl adjacent to an activating group) is 1. The van der Waals surface area contributed by atoms with Crippen LogP contribution in [-0.4, -0.2) is 39.3 Å². The number of ether oxygens (including phenoxy) is 2. The van der Waals surface area contributed by atoms with Crippen molar-refractivity contribution in [3.63, 3.8) is 0 Å². The van der Waals surface area contributed by atoms with E-state index in [1.807, 2.05) is 18.2 Å². The van der Waals surface area contributed by atoms with Crippen LogP contribution in [0.3, 0.4) is 0 Å². The number of methoxy groups -OCH3 is 1. The van der Waals surface area contributed by atoms with Gasteiger partial charge in [0.05, 0.1) is 12.8 Å². The van der Waals surface area contributed by atoms with Crippen molar-refractivity contribution in [3.05, 3.63) is 23.8 Å². The summed E-state index contributed by atoms with van der Waals surface area (Å²) in [6.45, 7) is 0.552. The van der Waals surface area contributed by atoms with E-state index >= 15 is 0 Å². The van der Waals surface area contributed by atoms with Gasteiger partial charge in [-0.1, -0.05) is 6.07 Å². The fraction of sp³-hybridized carbons (Fsp3) is 0.385. The van der Waals surface area contributed by atoms with Gasteiger partial charge in [0, 0.05) is 13.6 Å². The second-order valence-electron chi connectivity index (χ2n) is 4.21.